The molecule has 0 radical (unpaired) electrons. The lowest BCUT2D eigenvalue weighted by atomic mass is 9.96. The fourth-order valence-electron chi connectivity index (χ4n) is 3.39. The number of hydrogen-bond acceptors (Lipinski definition) is 4. The van der Waals surface area contributed by atoms with E-state index in [1.165, 1.54) is 18.3 Å². The summed E-state index contributed by atoms with van der Waals surface area (Å²) in [5.41, 5.74) is -2.66. The fraction of sp³-hybridized carbons (Fsp3) is 0.136. The zero-order chi connectivity index (χ0) is 23.1. The highest BCUT2D eigenvalue weighted by Crippen LogP contribution is 2.41. The predicted molar refractivity (Wildman–Crippen MR) is 108 cm³/mol. The predicted octanol–water partition coefficient (Wildman–Crippen LogP) is 6.84. The molecule has 2 aromatic heterocycles. The Bertz CT molecular complexity index is 1320. The number of Topliss-reactive ketones (excluding diaryl/α,β-unsaturated/α-hetero) is 1. The van der Waals surface area contributed by atoms with Crippen LogP contribution < -0.4 is 0 Å². The summed E-state index contributed by atoms with van der Waals surface area (Å²) >= 11 is 1.13. The summed E-state index contributed by atoms with van der Waals surface area (Å²) in [6.45, 7) is 0. The van der Waals surface area contributed by atoms with Crippen molar-refractivity contribution < 1.29 is 31.1 Å². The number of thioether (sulfide) groups is 1. The van der Waals surface area contributed by atoms with E-state index in [4.69, 9.17) is 0 Å². The van der Waals surface area contributed by atoms with E-state index in [9.17, 15) is 31.1 Å². The number of pyridine rings is 2. The molecule has 32 heavy (non-hydrogen) atoms. The number of fused-ring (bicyclic) bond motifs is 3. The second-order valence-electron chi connectivity index (χ2n) is 6.80. The van der Waals surface area contributed by atoms with Crippen molar-refractivity contribution in [2.45, 2.75) is 23.0 Å². The van der Waals surface area contributed by atoms with Gasteiger partial charge in [0.15, 0.2) is 0 Å². The molecule has 0 saturated heterocycles. The van der Waals surface area contributed by atoms with Crippen LogP contribution >= 0.6 is 11.8 Å². The van der Waals surface area contributed by atoms with Gasteiger partial charge in [-0.2, -0.15) is 26.3 Å². The van der Waals surface area contributed by atoms with Gasteiger partial charge < -0.3 is 0 Å². The molecule has 0 spiro atoms. The van der Waals surface area contributed by atoms with Gasteiger partial charge in [-0.3, -0.25) is 14.8 Å². The minimum Gasteiger partial charge on any atom is -0.284 e. The lowest BCUT2D eigenvalue weighted by molar-refractivity contribution is -0.136. The molecule has 4 aromatic rings. The SMILES string of the molecule is O=C(c1cc2c(C(F)(F)F)c(CSc3ccccc3)cnc2c2ncccc12)C(F)(F)F. The van der Waals surface area contributed by atoms with Gasteiger partial charge >= 0.3 is 12.4 Å². The first-order chi connectivity index (χ1) is 15.1. The third-order valence-corrected chi connectivity index (χ3v) is 5.79. The number of halogens is 6. The molecule has 0 fully saturated rings. The lowest BCUT2D eigenvalue weighted by Crippen LogP contribution is -2.23. The number of carbonyl (C=O) groups excluding carboxylic acids is 1. The first kappa shape index (κ1) is 22.1. The molecule has 0 aliphatic rings. The number of carbonyl (C=O) groups is 1. The normalized spacial score (nSPS) is 12.4. The van der Waals surface area contributed by atoms with Crippen LogP contribution in [0, 0.1) is 0 Å². The van der Waals surface area contributed by atoms with Crippen LogP contribution in [0.3, 0.4) is 0 Å². The van der Waals surface area contributed by atoms with Crippen molar-refractivity contribution in [2.24, 2.45) is 0 Å². The second kappa shape index (κ2) is 8.09. The Labute approximate surface area is 181 Å². The van der Waals surface area contributed by atoms with Gasteiger partial charge in [0.1, 0.15) is 0 Å². The number of benzene rings is 2. The molecule has 4 rings (SSSR count). The maximum absolute atomic E-state index is 14.1. The first-order valence-electron chi connectivity index (χ1n) is 9.13. The summed E-state index contributed by atoms with van der Waals surface area (Å²) in [5, 5.41) is -0.808. The van der Waals surface area contributed by atoms with E-state index in [2.05, 4.69) is 9.97 Å². The van der Waals surface area contributed by atoms with Crippen molar-refractivity contribution in [3.63, 3.8) is 0 Å². The van der Waals surface area contributed by atoms with Crippen molar-refractivity contribution in [1.82, 2.24) is 9.97 Å². The molecule has 0 aliphatic carbocycles. The Morgan fingerprint density at radius 1 is 0.875 bits per heavy atom. The molecule has 2 aromatic carbocycles. The number of rotatable bonds is 4. The van der Waals surface area contributed by atoms with Gasteiger partial charge in [0, 0.05) is 39.4 Å². The molecule has 0 N–H and O–H groups in total. The third-order valence-electron chi connectivity index (χ3n) is 4.73. The van der Waals surface area contributed by atoms with Crippen LogP contribution in [0.4, 0.5) is 26.3 Å². The minimum absolute atomic E-state index is 0.120. The maximum Gasteiger partial charge on any atom is 0.454 e. The molecule has 0 bridgehead atoms. The van der Waals surface area contributed by atoms with Crippen molar-refractivity contribution in [2.75, 3.05) is 0 Å². The van der Waals surface area contributed by atoms with Gasteiger partial charge in [-0.05, 0) is 29.8 Å². The van der Waals surface area contributed by atoms with Gasteiger partial charge in [-0.25, -0.2) is 0 Å². The molecule has 3 nitrogen and oxygen atoms in total. The zero-order valence-electron chi connectivity index (χ0n) is 16.0. The molecule has 0 aliphatic heterocycles. The molecular formula is C22H12F6N2OS. The summed E-state index contributed by atoms with van der Waals surface area (Å²) in [6.07, 6.45) is -7.88. The summed E-state index contributed by atoms with van der Waals surface area (Å²) in [6, 6.07) is 11.8. The highest BCUT2D eigenvalue weighted by molar-refractivity contribution is 7.98. The van der Waals surface area contributed by atoms with Gasteiger partial charge in [-0.1, -0.05) is 24.3 Å². The van der Waals surface area contributed by atoms with Crippen molar-refractivity contribution in [1.29, 1.82) is 0 Å². The summed E-state index contributed by atoms with van der Waals surface area (Å²) < 4.78 is 81.8. The van der Waals surface area contributed by atoms with Gasteiger partial charge in [0.2, 0.25) is 0 Å². The van der Waals surface area contributed by atoms with E-state index in [0.29, 0.717) is 11.0 Å². The van der Waals surface area contributed by atoms with Crippen LogP contribution in [0.15, 0.2) is 65.8 Å². The summed E-state index contributed by atoms with van der Waals surface area (Å²) in [4.78, 5) is 20.8. The first-order valence-corrected chi connectivity index (χ1v) is 10.1. The molecule has 0 amide bonds. The Morgan fingerprint density at radius 2 is 1.56 bits per heavy atom. The van der Waals surface area contributed by atoms with Crippen molar-refractivity contribution in [3.8, 4) is 0 Å². The molecular weight excluding hydrogens is 454 g/mol. The van der Waals surface area contributed by atoms with Crippen LogP contribution in [-0.2, 0) is 11.9 Å². The average molecular weight is 466 g/mol. The third kappa shape index (κ3) is 4.14. The molecule has 2 heterocycles. The monoisotopic (exact) mass is 466 g/mol. The number of ketones is 1. The highest BCUT2D eigenvalue weighted by Gasteiger charge is 2.42. The Morgan fingerprint density at radius 3 is 2.22 bits per heavy atom. The van der Waals surface area contributed by atoms with Gasteiger partial charge in [-0.15, -0.1) is 11.8 Å². The standard InChI is InChI=1S/C22H12F6N2OS/c23-21(24,25)17-12(11-32-13-5-2-1-3-6-13)10-30-19-16(17)9-15(20(31)22(26,27)28)14-7-4-8-29-18(14)19/h1-10H,11H2. The lowest BCUT2D eigenvalue weighted by Gasteiger charge is -2.17. The van der Waals surface area contributed by atoms with Gasteiger partial charge in [0.05, 0.1) is 16.6 Å². The van der Waals surface area contributed by atoms with Crippen LogP contribution in [0.2, 0.25) is 0 Å². The van der Waals surface area contributed by atoms with Crippen molar-refractivity contribution >= 4 is 39.4 Å². The summed E-state index contributed by atoms with van der Waals surface area (Å²) in [5.74, 6) is -2.36. The molecule has 164 valence electrons. The Kier molecular flexibility index (Phi) is 5.58. The van der Waals surface area contributed by atoms with E-state index in [0.717, 1.165) is 18.0 Å². The largest absolute Gasteiger partial charge is 0.454 e. The van der Waals surface area contributed by atoms with E-state index >= 15 is 0 Å². The molecule has 0 unspecified atom stereocenters. The maximum atomic E-state index is 14.1. The van der Waals surface area contributed by atoms with E-state index in [1.807, 2.05) is 0 Å². The Balaban J connectivity index is 1.98. The molecule has 10 heteroatoms. The van der Waals surface area contributed by atoms with Gasteiger partial charge in [0.25, 0.3) is 5.78 Å². The second-order valence-corrected chi connectivity index (χ2v) is 7.85. The smallest absolute Gasteiger partial charge is 0.284 e. The highest BCUT2D eigenvalue weighted by atomic mass is 32.2. The van der Waals surface area contributed by atoms with Crippen LogP contribution in [-0.4, -0.2) is 21.9 Å². The zero-order valence-corrected chi connectivity index (χ0v) is 16.8. The van der Waals surface area contributed by atoms with Crippen LogP contribution in [0.5, 0.6) is 0 Å². The molecule has 0 saturated carbocycles. The van der Waals surface area contributed by atoms with E-state index < -0.39 is 34.6 Å². The van der Waals surface area contributed by atoms with E-state index in [-0.39, 0.29) is 27.7 Å². The van der Waals surface area contributed by atoms with E-state index in [1.54, 1.807) is 30.3 Å². The number of aromatic nitrogens is 2. The Hall–Kier alpha value is -3.14. The minimum atomic E-state index is -5.26. The number of alkyl halides is 6. The van der Waals surface area contributed by atoms with Crippen LogP contribution in [0.25, 0.3) is 21.8 Å². The number of hydrogen-bond donors (Lipinski definition) is 0. The average Bonchev–Trinajstić information content (AvgIpc) is 2.75. The van der Waals surface area contributed by atoms with Crippen molar-refractivity contribution in [3.05, 3.63) is 77.6 Å². The fourth-order valence-corrected chi connectivity index (χ4v) is 4.28. The molecule has 0 atom stereocenters. The van der Waals surface area contributed by atoms with Crippen LogP contribution in [0.1, 0.15) is 21.5 Å². The summed E-state index contributed by atoms with van der Waals surface area (Å²) in [7, 11) is 0. The number of nitrogens with zero attached hydrogens (tertiary/aromatic N) is 2. The quantitative estimate of drug-likeness (QED) is 0.143. The topological polar surface area (TPSA) is 42.9 Å².